The monoisotopic (exact) mass is 294 g/mol. The van der Waals surface area contributed by atoms with Crippen LogP contribution in [-0.4, -0.2) is 20.7 Å². The third kappa shape index (κ3) is 2.35. The van der Waals surface area contributed by atoms with Crippen LogP contribution in [0.1, 0.15) is 17.1 Å². The van der Waals surface area contributed by atoms with E-state index in [9.17, 15) is 4.79 Å². The number of benzene rings is 1. The zero-order chi connectivity index (χ0) is 15.9. The lowest BCUT2D eigenvalue weighted by atomic mass is 9.99. The molecular formula is C17H18N4O. The molecule has 0 aliphatic rings. The van der Waals surface area contributed by atoms with Gasteiger partial charge in [-0.3, -0.25) is 14.5 Å². The summed E-state index contributed by atoms with van der Waals surface area (Å²) in [5, 5.41) is 5.53. The molecule has 0 radical (unpaired) electrons. The highest BCUT2D eigenvalue weighted by Gasteiger charge is 2.16. The van der Waals surface area contributed by atoms with Crippen LogP contribution in [0.15, 0.2) is 30.3 Å². The molecule has 5 heteroatoms. The van der Waals surface area contributed by atoms with Crippen LogP contribution in [0, 0.1) is 20.8 Å². The molecule has 2 heterocycles. The maximum Gasteiger partial charge on any atom is 0.239 e. The normalized spacial score (nSPS) is 11.0. The number of carbonyl (C=O) groups excluding carboxylic acids is 1. The number of amides is 1. The highest BCUT2D eigenvalue weighted by atomic mass is 16.1. The van der Waals surface area contributed by atoms with Crippen molar-refractivity contribution in [3.63, 3.8) is 0 Å². The van der Waals surface area contributed by atoms with Crippen LogP contribution in [0.4, 0.5) is 0 Å². The molecule has 0 aliphatic carbocycles. The lowest BCUT2D eigenvalue weighted by Gasteiger charge is -2.08. The van der Waals surface area contributed by atoms with Gasteiger partial charge in [0.2, 0.25) is 5.91 Å². The standard InChI is InChI=1S/C17H18N4O/c1-10-7-8-13-14(5-4-6-15(13)19-10)17-11(2)20-21(12(17)3)9-16(18)22/h4-8H,9H2,1-3H3,(H2,18,22). The molecule has 112 valence electrons. The topological polar surface area (TPSA) is 73.8 Å². The smallest absolute Gasteiger partial charge is 0.239 e. The lowest BCUT2D eigenvalue weighted by molar-refractivity contribution is -0.118. The fourth-order valence-electron chi connectivity index (χ4n) is 2.86. The van der Waals surface area contributed by atoms with Crippen molar-refractivity contribution in [3.05, 3.63) is 47.4 Å². The van der Waals surface area contributed by atoms with Gasteiger partial charge < -0.3 is 5.73 Å². The quantitative estimate of drug-likeness (QED) is 0.806. The summed E-state index contributed by atoms with van der Waals surface area (Å²) in [5.41, 5.74) is 11.2. The zero-order valence-corrected chi connectivity index (χ0v) is 12.9. The van der Waals surface area contributed by atoms with Gasteiger partial charge >= 0.3 is 0 Å². The first-order valence-electron chi connectivity index (χ1n) is 7.16. The Morgan fingerprint density at radius 3 is 2.68 bits per heavy atom. The summed E-state index contributed by atoms with van der Waals surface area (Å²) in [6, 6.07) is 10.1. The molecule has 0 atom stereocenters. The molecule has 0 bridgehead atoms. The van der Waals surface area contributed by atoms with Crippen molar-refractivity contribution in [3.8, 4) is 11.1 Å². The second-order valence-corrected chi connectivity index (χ2v) is 5.49. The summed E-state index contributed by atoms with van der Waals surface area (Å²) in [5.74, 6) is -0.396. The number of aryl methyl sites for hydroxylation is 2. The lowest BCUT2D eigenvalue weighted by Crippen LogP contribution is -2.20. The molecular weight excluding hydrogens is 276 g/mol. The molecule has 0 fully saturated rings. The number of fused-ring (bicyclic) bond motifs is 1. The number of aromatic nitrogens is 3. The Labute approximate surface area is 128 Å². The second-order valence-electron chi connectivity index (χ2n) is 5.49. The molecule has 1 aromatic carbocycles. The van der Waals surface area contributed by atoms with Crippen LogP contribution in [0.25, 0.3) is 22.0 Å². The van der Waals surface area contributed by atoms with Crippen LogP contribution in [-0.2, 0) is 11.3 Å². The number of hydrogen-bond acceptors (Lipinski definition) is 3. The molecule has 0 unspecified atom stereocenters. The van der Waals surface area contributed by atoms with Gasteiger partial charge in [0, 0.05) is 22.3 Å². The molecule has 0 saturated heterocycles. The minimum absolute atomic E-state index is 0.0921. The van der Waals surface area contributed by atoms with E-state index in [4.69, 9.17) is 5.73 Å². The van der Waals surface area contributed by atoms with E-state index in [2.05, 4.69) is 22.2 Å². The van der Waals surface area contributed by atoms with Crippen molar-refractivity contribution in [1.82, 2.24) is 14.8 Å². The number of pyridine rings is 1. The molecule has 3 aromatic rings. The maximum absolute atomic E-state index is 11.2. The van der Waals surface area contributed by atoms with Crippen molar-refractivity contribution >= 4 is 16.8 Å². The van der Waals surface area contributed by atoms with Crippen LogP contribution in [0.3, 0.4) is 0 Å². The molecule has 22 heavy (non-hydrogen) atoms. The van der Waals surface area contributed by atoms with E-state index in [1.807, 2.05) is 39.0 Å². The molecule has 0 spiro atoms. The van der Waals surface area contributed by atoms with Gasteiger partial charge in [-0.05, 0) is 38.5 Å². The molecule has 0 saturated carbocycles. The SMILES string of the molecule is Cc1ccc2c(-c3c(C)nn(CC(N)=O)c3C)cccc2n1. The fraction of sp³-hybridized carbons (Fsp3) is 0.235. The Hall–Kier alpha value is -2.69. The number of carbonyl (C=O) groups is 1. The van der Waals surface area contributed by atoms with Gasteiger partial charge in [0.1, 0.15) is 6.54 Å². The highest BCUT2D eigenvalue weighted by molar-refractivity contribution is 5.95. The highest BCUT2D eigenvalue weighted by Crippen LogP contribution is 2.32. The van der Waals surface area contributed by atoms with Crippen molar-refractivity contribution in [2.45, 2.75) is 27.3 Å². The Balaban J connectivity index is 2.24. The third-order valence-electron chi connectivity index (χ3n) is 3.83. The van der Waals surface area contributed by atoms with Crippen LogP contribution in [0.2, 0.25) is 0 Å². The fourth-order valence-corrected chi connectivity index (χ4v) is 2.86. The molecule has 3 rings (SSSR count). The van der Waals surface area contributed by atoms with E-state index < -0.39 is 5.91 Å². The van der Waals surface area contributed by atoms with Gasteiger partial charge in [0.15, 0.2) is 0 Å². The van der Waals surface area contributed by atoms with E-state index in [1.54, 1.807) is 4.68 Å². The van der Waals surface area contributed by atoms with E-state index in [-0.39, 0.29) is 6.54 Å². The minimum Gasteiger partial charge on any atom is -0.368 e. The summed E-state index contributed by atoms with van der Waals surface area (Å²) >= 11 is 0. The maximum atomic E-state index is 11.2. The van der Waals surface area contributed by atoms with E-state index in [0.717, 1.165) is 39.1 Å². The van der Waals surface area contributed by atoms with Crippen molar-refractivity contribution < 1.29 is 4.79 Å². The predicted molar refractivity (Wildman–Crippen MR) is 86.4 cm³/mol. The summed E-state index contributed by atoms with van der Waals surface area (Å²) < 4.78 is 1.66. The summed E-state index contributed by atoms with van der Waals surface area (Å²) in [6.07, 6.45) is 0. The van der Waals surface area contributed by atoms with Crippen LogP contribution in [0.5, 0.6) is 0 Å². The Kier molecular flexibility index (Phi) is 3.41. The predicted octanol–water partition coefficient (Wildman–Crippen LogP) is 2.51. The Morgan fingerprint density at radius 2 is 1.95 bits per heavy atom. The van der Waals surface area contributed by atoms with E-state index in [0.29, 0.717) is 0 Å². The largest absolute Gasteiger partial charge is 0.368 e. The van der Waals surface area contributed by atoms with E-state index in [1.165, 1.54) is 0 Å². The Morgan fingerprint density at radius 1 is 1.18 bits per heavy atom. The van der Waals surface area contributed by atoms with Crippen LogP contribution >= 0.6 is 0 Å². The molecule has 2 aromatic heterocycles. The van der Waals surface area contributed by atoms with E-state index >= 15 is 0 Å². The summed E-state index contributed by atoms with van der Waals surface area (Å²) in [7, 11) is 0. The average molecular weight is 294 g/mol. The molecule has 1 amide bonds. The summed E-state index contributed by atoms with van der Waals surface area (Å²) in [4.78, 5) is 15.8. The number of rotatable bonds is 3. The number of primary amides is 1. The van der Waals surface area contributed by atoms with Crippen molar-refractivity contribution in [2.24, 2.45) is 5.73 Å². The van der Waals surface area contributed by atoms with Crippen molar-refractivity contribution in [1.29, 1.82) is 0 Å². The molecule has 5 nitrogen and oxygen atoms in total. The number of nitrogens with two attached hydrogens (primary N) is 1. The zero-order valence-electron chi connectivity index (χ0n) is 12.9. The first-order chi connectivity index (χ1) is 10.5. The van der Waals surface area contributed by atoms with Crippen LogP contribution < -0.4 is 5.73 Å². The first kappa shape index (κ1) is 14.3. The van der Waals surface area contributed by atoms with Gasteiger partial charge in [-0.25, -0.2) is 0 Å². The van der Waals surface area contributed by atoms with Gasteiger partial charge in [-0.2, -0.15) is 5.10 Å². The summed E-state index contributed by atoms with van der Waals surface area (Å²) in [6.45, 7) is 5.97. The number of nitrogens with zero attached hydrogens (tertiary/aromatic N) is 3. The van der Waals surface area contributed by atoms with Gasteiger partial charge in [-0.15, -0.1) is 0 Å². The molecule has 2 N–H and O–H groups in total. The third-order valence-corrected chi connectivity index (χ3v) is 3.83. The van der Waals surface area contributed by atoms with Gasteiger partial charge in [0.05, 0.1) is 11.2 Å². The van der Waals surface area contributed by atoms with Gasteiger partial charge in [0.25, 0.3) is 0 Å². The van der Waals surface area contributed by atoms with Gasteiger partial charge in [-0.1, -0.05) is 18.2 Å². The Bertz CT molecular complexity index is 880. The average Bonchev–Trinajstić information content (AvgIpc) is 2.72. The number of hydrogen-bond donors (Lipinski definition) is 1. The minimum atomic E-state index is -0.396. The van der Waals surface area contributed by atoms with Crippen molar-refractivity contribution in [2.75, 3.05) is 0 Å². The first-order valence-corrected chi connectivity index (χ1v) is 7.16. The second kappa shape index (κ2) is 5.26. The molecule has 0 aliphatic heterocycles.